The fourth-order valence-electron chi connectivity index (χ4n) is 4.73. The molecule has 0 aromatic heterocycles. The van der Waals surface area contributed by atoms with Crippen molar-refractivity contribution in [2.45, 2.75) is 25.4 Å². The second kappa shape index (κ2) is 5.53. The van der Waals surface area contributed by atoms with Crippen LogP contribution in [0.25, 0.3) is 0 Å². The van der Waals surface area contributed by atoms with Gasteiger partial charge in [0.15, 0.2) is 0 Å². The number of anilines is 1. The molecule has 25 heavy (non-hydrogen) atoms. The molecule has 0 unspecified atom stereocenters. The topological polar surface area (TPSA) is 49.4 Å². The van der Waals surface area contributed by atoms with Gasteiger partial charge in [0.25, 0.3) is 5.91 Å². The quantitative estimate of drug-likeness (QED) is 0.918. The van der Waals surface area contributed by atoms with Gasteiger partial charge in [-0.05, 0) is 24.5 Å². The zero-order chi connectivity index (χ0) is 17.8. The van der Waals surface area contributed by atoms with Gasteiger partial charge in [0.05, 0.1) is 0 Å². The van der Waals surface area contributed by atoms with Gasteiger partial charge in [-0.3, -0.25) is 14.9 Å². The van der Waals surface area contributed by atoms with E-state index in [2.05, 4.69) is 5.32 Å². The third kappa shape index (κ3) is 2.04. The predicted molar refractivity (Wildman–Crippen MR) is 97.2 cm³/mol. The summed E-state index contributed by atoms with van der Waals surface area (Å²) in [7, 11) is 1.81. The molecule has 0 saturated carbocycles. The first-order valence-corrected chi connectivity index (χ1v) is 8.69. The molecule has 2 aromatic carbocycles. The van der Waals surface area contributed by atoms with E-state index in [0.717, 1.165) is 16.8 Å². The third-order valence-electron chi connectivity index (χ3n) is 5.92. The number of benzene rings is 2. The van der Waals surface area contributed by atoms with Gasteiger partial charge in [-0.1, -0.05) is 55.5 Å². The molecule has 1 N–H and O–H groups in total. The van der Waals surface area contributed by atoms with Crippen LogP contribution in [0.2, 0.25) is 0 Å². The summed E-state index contributed by atoms with van der Waals surface area (Å²) in [5.74, 6) is -0.240. The SMILES string of the molecule is CC(=O)[C@@H]1[C@H](c2ccccc2)N[C@@]2(C(=O)N(C)c3ccccc32)[C@H]1C. The molecule has 1 amide bonds. The fraction of sp³-hybridized carbons (Fsp3) is 0.333. The Morgan fingerprint density at radius 1 is 1.08 bits per heavy atom. The molecular formula is C21H22N2O2. The van der Waals surface area contributed by atoms with Gasteiger partial charge in [-0.25, -0.2) is 0 Å². The van der Waals surface area contributed by atoms with Gasteiger partial charge in [0.2, 0.25) is 0 Å². The van der Waals surface area contributed by atoms with E-state index in [1.54, 1.807) is 11.8 Å². The Morgan fingerprint density at radius 2 is 1.72 bits per heavy atom. The maximum absolute atomic E-state index is 13.3. The molecule has 4 heteroatoms. The number of ketones is 1. The molecule has 128 valence electrons. The number of hydrogen-bond acceptors (Lipinski definition) is 3. The summed E-state index contributed by atoms with van der Waals surface area (Å²) in [5, 5.41) is 3.59. The van der Waals surface area contributed by atoms with Crippen LogP contribution in [0, 0.1) is 11.8 Å². The number of rotatable bonds is 2. The molecule has 2 aliphatic rings. The second-order valence-corrected chi connectivity index (χ2v) is 7.15. The van der Waals surface area contributed by atoms with E-state index in [1.807, 2.05) is 68.6 Å². The largest absolute Gasteiger partial charge is 0.313 e. The lowest BCUT2D eigenvalue weighted by molar-refractivity contribution is -0.126. The highest BCUT2D eigenvalue weighted by Crippen LogP contribution is 2.54. The summed E-state index contributed by atoms with van der Waals surface area (Å²) < 4.78 is 0. The molecule has 1 spiro atoms. The number of likely N-dealkylation sites (N-methyl/N-ethyl adjacent to an activating group) is 1. The average Bonchev–Trinajstić information content (AvgIpc) is 3.05. The lowest BCUT2D eigenvalue weighted by Gasteiger charge is -2.29. The Balaban J connectivity index is 1.90. The average molecular weight is 334 g/mol. The van der Waals surface area contributed by atoms with Crippen LogP contribution in [-0.2, 0) is 15.1 Å². The van der Waals surface area contributed by atoms with Crippen molar-refractivity contribution < 1.29 is 9.59 Å². The molecule has 2 aliphatic heterocycles. The highest BCUT2D eigenvalue weighted by Gasteiger charge is 2.62. The number of amides is 1. The van der Waals surface area contributed by atoms with Crippen molar-refractivity contribution in [3.8, 4) is 0 Å². The smallest absolute Gasteiger partial charge is 0.252 e. The highest BCUT2D eigenvalue weighted by molar-refractivity contribution is 6.08. The van der Waals surface area contributed by atoms with Gasteiger partial charge in [0.1, 0.15) is 11.3 Å². The van der Waals surface area contributed by atoms with Crippen LogP contribution in [-0.4, -0.2) is 18.7 Å². The van der Waals surface area contributed by atoms with Crippen LogP contribution in [0.4, 0.5) is 5.69 Å². The van der Waals surface area contributed by atoms with Crippen molar-refractivity contribution in [3.05, 3.63) is 65.7 Å². The fourth-order valence-corrected chi connectivity index (χ4v) is 4.73. The van der Waals surface area contributed by atoms with Crippen LogP contribution in [0.15, 0.2) is 54.6 Å². The Kier molecular flexibility index (Phi) is 3.55. The Hall–Kier alpha value is -2.46. The second-order valence-electron chi connectivity index (χ2n) is 7.15. The summed E-state index contributed by atoms with van der Waals surface area (Å²) in [5.41, 5.74) is 2.09. The summed E-state index contributed by atoms with van der Waals surface area (Å²) in [6.07, 6.45) is 0. The van der Waals surface area contributed by atoms with E-state index in [9.17, 15) is 9.59 Å². The molecule has 2 heterocycles. The van der Waals surface area contributed by atoms with Gasteiger partial charge >= 0.3 is 0 Å². The number of fused-ring (bicyclic) bond motifs is 2. The summed E-state index contributed by atoms with van der Waals surface area (Å²) in [6, 6.07) is 17.7. The van der Waals surface area contributed by atoms with Crippen LogP contribution in [0.3, 0.4) is 0 Å². The van der Waals surface area contributed by atoms with E-state index < -0.39 is 5.54 Å². The van der Waals surface area contributed by atoms with Crippen molar-refractivity contribution in [1.82, 2.24) is 5.32 Å². The predicted octanol–water partition coefficient (Wildman–Crippen LogP) is 3.04. The first-order chi connectivity index (χ1) is 12.0. The van der Waals surface area contributed by atoms with Gasteiger partial charge < -0.3 is 4.90 Å². The van der Waals surface area contributed by atoms with Crippen LogP contribution >= 0.6 is 0 Å². The lowest BCUT2D eigenvalue weighted by atomic mass is 9.74. The molecule has 4 nitrogen and oxygen atoms in total. The summed E-state index contributed by atoms with van der Waals surface area (Å²) in [6.45, 7) is 3.66. The van der Waals surface area contributed by atoms with E-state index in [0.29, 0.717) is 0 Å². The maximum atomic E-state index is 13.3. The number of Topliss-reactive ketones (excluding diaryl/α,β-unsaturated/α-hetero) is 1. The third-order valence-corrected chi connectivity index (χ3v) is 5.92. The van der Waals surface area contributed by atoms with Crippen molar-refractivity contribution >= 4 is 17.4 Å². The number of carbonyl (C=O) groups is 2. The standard InChI is InChI=1S/C21H22N2O2/c1-13-18(14(2)24)19(15-9-5-4-6-10-15)22-21(13)16-11-7-8-12-17(16)23(3)20(21)25/h4-13,18-19,22H,1-3H3/t13-,18+,19-,21-/m0/s1. The van der Waals surface area contributed by atoms with Crippen molar-refractivity contribution in [2.75, 3.05) is 11.9 Å². The molecule has 0 radical (unpaired) electrons. The first kappa shape index (κ1) is 16.0. The monoisotopic (exact) mass is 334 g/mol. The minimum Gasteiger partial charge on any atom is -0.313 e. The molecule has 1 saturated heterocycles. The van der Waals surface area contributed by atoms with E-state index in [-0.39, 0.29) is 29.6 Å². The highest BCUT2D eigenvalue weighted by atomic mass is 16.2. The lowest BCUT2D eigenvalue weighted by Crippen LogP contribution is -2.50. The molecule has 4 atom stereocenters. The zero-order valence-electron chi connectivity index (χ0n) is 14.7. The molecule has 0 aliphatic carbocycles. The maximum Gasteiger partial charge on any atom is 0.252 e. The first-order valence-electron chi connectivity index (χ1n) is 8.69. The van der Waals surface area contributed by atoms with E-state index in [4.69, 9.17) is 0 Å². The zero-order valence-corrected chi connectivity index (χ0v) is 14.7. The Morgan fingerprint density at radius 3 is 2.40 bits per heavy atom. The van der Waals surface area contributed by atoms with Crippen LogP contribution in [0.1, 0.15) is 31.0 Å². The van der Waals surface area contributed by atoms with Crippen molar-refractivity contribution in [1.29, 1.82) is 0 Å². The van der Waals surface area contributed by atoms with Gasteiger partial charge in [-0.2, -0.15) is 0 Å². The Bertz CT molecular complexity index is 848. The number of para-hydroxylation sites is 1. The van der Waals surface area contributed by atoms with Crippen molar-refractivity contribution in [3.63, 3.8) is 0 Å². The molecule has 0 bridgehead atoms. The van der Waals surface area contributed by atoms with Crippen molar-refractivity contribution in [2.24, 2.45) is 11.8 Å². The molecular weight excluding hydrogens is 312 g/mol. The Labute approximate surface area is 147 Å². The van der Waals surface area contributed by atoms with Crippen LogP contribution < -0.4 is 10.2 Å². The number of nitrogens with zero attached hydrogens (tertiary/aromatic N) is 1. The van der Waals surface area contributed by atoms with Crippen LogP contribution in [0.5, 0.6) is 0 Å². The molecule has 1 fully saturated rings. The minimum atomic E-state index is -0.845. The summed E-state index contributed by atoms with van der Waals surface area (Å²) in [4.78, 5) is 27.5. The number of carbonyl (C=O) groups excluding carboxylic acids is 2. The summed E-state index contributed by atoms with van der Waals surface area (Å²) >= 11 is 0. The molecule has 2 aromatic rings. The van der Waals surface area contributed by atoms with Gasteiger partial charge in [-0.15, -0.1) is 0 Å². The number of hydrogen-bond donors (Lipinski definition) is 1. The normalized spacial score (nSPS) is 30.8. The molecule has 4 rings (SSSR count). The number of nitrogens with one attached hydrogen (secondary N) is 1. The van der Waals surface area contributed by atoms with E-state index in [1.165, 1.54) is 0 Å². The minimum absolute atomic E-state index is 0.0193. The van der Waals surface area contributed by atoms with E-state index >= 15 is 0 Å². The van der Waals surface area contributed by atoms with Gasteiger partial charge in [0, 0.05) is 30.3 Å².